The first-order valence-electron chi connectivity index (χ1n) is 6.44. The highest BCUT2D eigenvalue weighted by atomic mass is 16.5. The van der Waals surface area contributed by atoms with E-state index in [0.29, 0.717) is 24.3 Å². The zero-order valence-corrected chi connectivity index (χ0v) is 11.5. The van der Waals surface area contributed by atoms with Crippen molar-refractivity contribution in [3.63, 3.8) is 0 Å². The van der Waals surface area contributed by atoms with Gasteiger partial charge in [-0.1, -0.05) is 12.1 Å². The molecule has 0 aliphatic carbocycles. The van der Waals surface area contributed by atoms with E-state index in [9.17, 15) is 14.7 Å². The summed E-state index contributed by atoms with van der Waals surface area (Å²) in [6.07, 6.45) is 0.848. The summed E-state index contributed by atoms with van der Waals surface area (Å²) >= 11 is 0. The number of aromatic carboxylic acids is 1. The minimum absolute atomic E-state index is 0.0530. The molecule has 1 atom stereocenters. The number of benzene rings is 1. The lowest BCUT2D eigenvalue weighted by Crippen LogP contribution is -2.34. The highest BCUT2D eigenvalue weighted by molar-refractivity contribution is 6.01. The van der Waals surface area contributed by atoms with Gasteiger partial charge in [-0.25, -0.2) is 9.59 Å². The van der Waals surface area contributed by atoms with Crippen molar-refractivity contribution in [3.05, 3.63) is 29.3 Å². The number of carbonyl (C=O) groups excluding carboxylic acids is 1. The second-order valence-corrected chi connectivity index (χ2v) is 4.83. The van der Waals surface area contributed by atoms with Crippen LogP contribution in [0.2, 0.25) is 0 Å². The Hall–Kier alpha value is -2.08. The molecule has 0 bridgehead atoms. The van der Waals surface area contributed by atoms with Gasteiger partial charge in [0.2, 0.25) is 0 Å². The lowest BCUT2D eigenvalue weighted by Gasteiger charge is -2.18. The predicted octanol–water partition coefficient (Wildman–Crippen LogP) is 1.95. The monoisotopic (exact) mass is 278 g/mol. The zero-order valence-electron chi connectivity index (χ0n) is 11.5. The third-order valence-corrected chi connectivity index (χ3v) is 3.49. The minimum Gasteiger partial charge on any atom is -0.478 e. The van der Waals surface area contributed by atoms with E-state index in [0.717, 1.165) is 6.42 Å². The van der Waals surface area contributed by atoms with Crippen LogP contribution < -0.4 is 5.32 Å². The number of ether oxygens (including phenoxy) is 1. The predicted molar refractivity (Wildman–Crippen MR) is 74.1 cm³/mol. The molecular weight excluding hydrogens is 260 g/mol. The molecule has 1 aromatic carbocycles. The number of nitrogens with one attached hydrogen (secondary N) is 1. The Kier molecular flexibility index (Phi) is 4.24. The third kappa shape index (κ3) is 2.91. The number of aryl methyl sites for hydroxylation is 1. The van der Waals surface area contributed by atoms with E-state index in [-0.39, 0.29) is 17.7 Å². The Bertz CT molecular complexity index is 530. The molecule has 6 heteroatoms. The van der Waals surface area contributed by atoms with Crippen molar-refractivity contribution in [2.45, 2.75) is 19.4 Å². The van der Waals surface area contributed by atoms with Gasteiger partial charge in [0.1, 0.15) is 0 Å². The molecule has 1 heterocycles. The van der Waals surface area contributed by atoms with Crippen molar-refractivity contribution < 1.29 is 19.4 Å². The molecule has 1 unspecified atom stereocenters. The molecular formula is C14H18N2O4. The van der Waals surface area contributed by atoms with E-state index < -0.39 is 5.97 Å². The molecule has 6 nitrogen and oxygen atoms in total. The Morgan fingerprint density at radius 3 is 2.80 bits per heavy atom. The molecule has 1 aliphatic heterocycles. The van der Waals surface area contributed by atoms with Crippen molar-refractivity contribution in [1.29, 1.82) is 0 Å². The van der Waals surface area contributed by atoms with E-state index >= 15 is 0 Å². The van der Waals surface area contributed by atoms with Crippen molar-refractivity contribution in [2.75, 3.05) is 25.5 Å². The summed E-state index contributed by atoms with van der Waals surface area (Å²) in [6.45, 7) is 2.84. The van der Waals surface area contributed by atoms with Crippen molar-refractivity contribution in [1.82, 2.24) is 4.90 Å². The van der Waals surface area contributed by atoms with Crippen LogP contribution in [0.1, 0.15) is 22.3 Å². The topological polar surface area (TPSA) is 78.9 Å². The van der Waals surface area contributed by atoms with E-state index in [2.05, 4.69) is 5.32 Å². The van der Waals surface area contributed by atoms with Gasteiger partial charge in [0.25, 0.3) is 0 Å². The minimum atomic E-state index is -1.05. The molecule has 2 N–H and O–H groups in total. The Balaban J connectivity index is 2.13. The first-order valence-corrected chi connectivity index (χ1v) is 6.44. The maximum atomic E-state index is 12.1. The first kappa shape index (κ1) is 14.3. The summed E-state index contributed by atoms with van der Waals surface area (Å²) < 4.78 is 5.21. The molecule has 0 saturated carbocycles. The number of hydrogen-bond acceptors (Lipinski definition) is 3. The summed E-state index contributed by atoms with van der Waals surface area (Å²) in [5, 5.41) is 11.9. The number of carbonyl (C=O) groups is 2. The maximum Gasteiger partial charge on any atom is 0.338 e. The fraction of sp³-hybridized carbons (Fsp3) is 0.429. The lowest BCUT2D eigenvalue weighted by atomic mass is 10.1. The SMILES string of the molecule is COC1CCN(C(=O)Nc2cccc(C)c2C(=O)O)C1. The van der Waals surface area contributed by atoms with Crippen LogP contribution in [-0.2, 0) is 4.74 Å². The highest BCUT2D eigenvalue weighted by Crippen LogP contribution is 2.21. The van der Waals surface area contributed by atoms with Gasteiger partial charge in [-0.05, 0) is 25.0 Å². The number of nitrogens with zero attached hydrogens (tertiary/aromatic N) is 1. The molecule has 1 aromatic rings. The third-order valence-electron chi connectivity index (χ3n) is 3.49. The van der Waals surface area contributed by atoms with Crippen LogP contribution in [0.15, 0.2) is 18.2 Å². The summed E-state index contributed by atoms with van der Waals surface area (Å²) in [7, 11) is 1.62. The average Bonchev–Trinajstić information content (AvgIpc) is 2.87. The summed E-state index contributed by atoms with van der Waals surface area (Å²) in [6, 6.07) is 4.73. The van der Waals surface area contributed by atoms with Gasteiger partial charge in [-0.2, -0.15) is 0 Å². The second-order valence-electron chi connectivity index (χ2n) is 4.83. The van der Waals surface area contributed by atoms with Crippen LogP contribution in [0.4, 0.5) is 10.5 Å². The number of urea groups is 1. The largest absolute Gasteiger partial charge is 0.478 e. The van der Waals surface area contributed by atoms with Crippen molar-refractivity contribution >= 4 is 17.7 Å². The van der Waals surface area contributed by atoms with E-state index in [1.165, 1.54) is 0 Å². The van der Waals surface area contributed by atoms with Crippen molar-refractivity contribution in [3.8, 4) is 0 Å². The van der Waals surface area contributed by atoms with Crippen LogP contribution in [0, 0.1) is 6.92 Å². The standard InChI is InChI=1S/C14H18N2O4/c1-9-4-3-5-11(12(9)13(17)18)15-14(19)16-7-6-10(8-16)20-2/h3-5,10H,6-8H2,1-2H3,(H,15,19)(H,17,18). The molecule has 2 rings (SSSR count). The summed E-state index contributed by atoms with van der Waals surface area (Å²) in [4.78, 5) is 25.0. The summed E-state index contributed by atoms with van der Waals surface area (Å²) in [5.74, 6) is -1.05. The van der Waals surface area contributed by atoms with Gasteiger partial charge in [0.15, 0.2) is 0 Å². The van der Waals surface area contributed by atoms with E-state index in [4.69, 9.17) is 4.74 Å². The summed E-state index contributed by atoms with van der Waals surface area (Å²) in [5.41, 5.74) is 1.07. The molecule has 108 valence electrons. The van der Waals surface area contributed by atoms with Crippen molar-refractivity contribution in [2.24, 2.45) is 0 Å². The van der Waals surface area contributed by atoms with Gasteiger partial charge in [-0.15, -0.1) is 0 Å². The number of carboxylic acids is 1. The Morgan fingerprint density at radius 1 is 1.45 bits per heavy atom. The number of amides is 2. The van der Waals surface area contributed by atoms with Gasteiger partial charge in [0, 0.05) is 20.2 Å². The average molecular weight is 278 g/mol. The van der Waals surface area contributed by atoms with Gasteiger partial charge >= 0.3 is 12.0 Å². The lowest BCUT2D eigenvalue weighted by molar-refractivity contribution is 0.0697. The molecule has 20 heavy (non-hydrogen) atoms. The highest BCUT2D eigenvalue weighted by Gasteiger charge is 2.26. The molecule has 0 spiro atoms. The normalized spacial score (nSPS) is 18.1. The van der Waals surface area contributed by atoms with E-state index in [1.54, 1.807) is 37.1 Å². The number of likely N-dealkylation sites (tertiary alicyclic amines) is 1. The van der Waals surface area contributed by atoms with Crippen LogP contribution in [0.5, 0.6) is 0 Å². The number of carboxylic acid groups (broad SMARTS) is 1. The fourth-order valence-corrected chi connectivity index (χ4v) is 2.36. The van der Waals surface area contributed by atoms with Crippen LogP contribution in [0.25, 0.3) is 0 Å². The van der Waals surface area contributed by atoms with Gasteiger partial charge in [-0.3, -0.25) is 0 Å². The Morgan fingerprint density at radius 2 is 2.20 bits per heavy atom. The van der Waals surface area contributed by atoms with Gasteiger partial charge in [0.05, 0.1) is 17.4 Å². The molecule has 1 fully saturated rings. The fourth-order valence-electron chi connectivity index (χ4n) is 2.36. The molecule has 0 aromatic heterocycles. The number of hydrogen-bond donors (Lipinski definition) is 2. The second kappa shape index (κ2) is 5.92. The number of rotatable bonds is 3. The van der Waals surface area contributed by atoms with Crippen LogP contribution in [-0.4, -0.2) is 48.3 Å². The van der Waals surface area contributed by atoms with E-state index in [1.807, 2.05) is 0 Å². The first-order chi connectivity index (χ1) is 9.52. The zero-order chi connectivity index (χ0) is 14.7. The molecule has 1 saturated heterocycles. The van der Waals surface area contributed by atoms with Gasteiger partial charge < -0.3 is 20.1 Å². The maximum absolute atomic E-state index is 12.1. The Labute approximate surface area is 117 Å². The quantitative estimate of drug-likeness (QED) is 0.885. The molecule has 0 radical (unpaired) electrons. The molecule has 1 aliphatic rings. The van der Waals surface area contributed by atoms with Crippen LogP contribution in [0.3, 0.4) is 0 Å². The molecule has 2 amide bonds. The smallest absolute Gasteiger partial charge is 0.338 e. The number of anilines is 1. The van der Waals surface area contributed by atoms with Crippen LogP contribution >= 0.6 is 0 Å². The number of methoxy groups -OCH3 is 1.